The molecule has 2 aromatic rings. The van der Waals surface area contributed by atoms with E-state index in [1.54, 1.807) is 13.0 Å². The van der Waals surface area contributed by atoms with Gasteiger partial charge in [-0.1, -0.05) is 12.1 Å². The Bertz CT molecular complexity index is 790. The first-order valence-corrected chi connectivity index (χ1v) is 9.17. The number of nitrogens with one attached hydrogen (secondary N) is 1. The van der Waals surface area contributed by atoms with Crippen LogP contribution in [0.5, 0.6) is 0 Å². The Morgan fingerprint density at radius 3 is 2.71 bits per heavy atom. The third-order valence-electron chi connectivity index (χ3n) is 4.13. The van der Waals surface area contributed by atoms with Crippen molar-refractivity contribution in [2.75, 3.05) is 6.26 Å². The summed E-state index contributed by atoms with van der Waals surface area (Å²) < 4.78 is 13.6. The molecule has 0 bridgehead atoms. The van der Waals surface area contributed by atoms with Crippen LogP contribution in [0.1, 0.15) is 51.8 Å². The number of benzene rings is 1. The highest BCUT2D eigenvalue weighted by molar-refractivity contribution is 7.98. The zero-order valence-corrected chi connectivity index (χ0v) is 14.8. The molecule has 0 saturated heterocycles. The fourth-order valence-electron chi connectivity index (χ4n) is 2.52. The number of halogens is 1. The molecule has 0 atom stereocenters. The van der Waals surface area contributed by atoms with Crippen LogP contribution in [0.3, 0.4) is 0 Å². The lowest BCUT2D eigenvalue weighted by Gasteiger charge is -2.12. The minimum atomic E-state index is -0.264. The number of amides is 1. The zero-order valence-electron chi connectivity index (χ0n) is 14.0. The van der Waals surface area contributed by atoms with E-state index in [4.69, 9.17) is 0 Å². The number of aromatic nitrogens is 2. The van der Waals surface area contributed by atoms with Crippen LogP contribution in [0.25, 0.3) is 0 Å². The second-order valence-corrected chi connectivity index (χ2v) is 6.89. The third kappa shape index (κ3) is 3.59. The highest BCUT2D eigenvalue weighted by Gasteiger charge is 2.29. The summed E-state index contributed by atoms with van der Waals surface area (Å²) in [7, 11) is 0. The topological polar surface area (TPSA) is 54.9 Å². The van der Waals surface area contributed by atoms with Crippen LogP contribution < -0.4 is 5.32 Å². The Kier molecular flexibility index (Phi) is 4.85. The molecule has 0 spiro atoms. The van der Waals surface area contributed by atoms with Crippen molar-refractivity contribution in [1.29, 1.82) is 0 Å². The fraction of sp³-hybridized carbons (Fsp3) is 0.389. The molecule has 1 aromatic heterocycles. The van der Waals surface area contributed by atoms with Crippen molar-refractivity contribution in [3.05, 3.63) is 52.2 Å². The van der Waals surface area contributed by atoms with Gasteiger partial charge in [0.1, 0.15) is 16.7 Å². The third-order valence-corrected chi connectivity index (χ3v) is 4.81. The first-order chi connectivity index (χ1) is 11.5. The molecule has 0 aliphatic heterocycles. The predicted octanol–water partition coefficient (Wildman–Crippen LogP) is 3.76. The molecule has 1 saturated carbocycles. The van der Waals surface area contributed by atoms with E-state index in [1.165, 1.54) is 17.8 Å². The van der Waals surface area contributed by atoms with Gasteiger partial charge in [0.25, 0.3) is 5.91 Å². The summed E-state index contributed by atoms with van der Waals surface area (Å²) >= 11 is 1.45. The summed E-state index contributed by atoms with van der Waals surface area (Å²) in [5.74, 6) is 0.802. The molecule has 1 fully saturated rings. The molecule has 1 aliphatic carbocycles. The van der Waals surface area contributed by atoms with Crippen LogP contribution >= 0.6 is 11.8 Å². The SMILES string of the molecule is CSc1nc(C2CC2)nc(C)c1C(=O)NCc1ccc(C)c(F)c1. The van der Waals surface area contributed by atoms with Crippen molar-refractivity contribution in [1.82, 2.24) is 15.3 Å². The monoisotopic (exact) mass is 345 g/mol. The molecule has 1 heterocycles. The van der Waals surface area contributed by atoms with Crippen LogP contribution in [0.4, 0.5) is 4.39 Å². The average molecular weight is 345 g/mol. The number of hydrogen-bond donors (Lipinski definition) is 1. The second kappa shape index (κ2) is 6.89. The Hall–Kier alpha value is -1.95. The first kappa shape index (κ1) is 16.9. The van der Waals surface area contributed by atoms with Gasteiger partial charge in [-0.3, -0.25) is 4.79 Å². The zero-order chi connectivity index (χ0) is 17.3. The van der Waals surface area contributed by atoms with Crippen molar-refractivity contribution in [3.8, 4) is 0 Å². The Morgan fingerprint density at radius 1 is 1.33 bits per heavy atom. The van der Waals surface area contributed by atoms with E-state index in [0.29, 0.717) is 27.8 Å². The summed E-state index contributed by atoms with van der Waals surface area (Å²) in [6, 6.07) is 4.97. The van der Waals surface area contributed by atoms with Crippen molar-refractivity contribution in [2.45, 2.75) is 44.2 Å². The minimum Gasteiger partial charge on any atom is -0.348 e. The quantitative estimate of drug-likeness (QED) is 0.662. The molecule has 1 aromatic carbocycles. The normalized spacial score (nSPS) is 13.8. The highest BCUT2D eigenvalue weighted by atomic mass is 32.2. The number of carbonyl (C=O) groups is 1. The van der Waals surface area contributed by atoms with Gasteiger partial charge < -0.3 is 5.32 Å². The Balaban J connectivity index is 1.77. The lowest BCUT2D eigenvalue weighted by molar-refractivity contribution is 0.0946. The second-order valence-electron chi connectivity index (χ2n) is 6.09. The maximum atomic E-state index is 13.6. The standard InChI is InChI=1S/C18H20FN3OS/c1-10-4-5-12(8-14(10)19)9-20-17(23)15-11(2)21-16(13-6-7-13)22-18(15)24-3/h4-5,8,13H,6-7,9H2,1-3H3,(H,20,23). The van der Waals surface area contributed by atoms with Gasteiger partial charge in [0.05, 0.1) is 11.3 Å². The number of nitrogens with zero attached hydrogens (tertiary/aromatic N) is 2. The van der Waals surface area contributed by atoms with E-state index in [2.05, 4.69) is 15.3 Å². The van der Waals surface area contributed by atoms with Gasteiger partial charge in [-0.25, -0.2) is 14.4 Å². The molecule has 1 N–H and O–H groups in total. The van der Waals surface area contributed by atoms with Gasteiger partial charge in [-0.2, -0.15) is 0 Å². The van der Waals surface area contributed by atoms with Crippen LogP contribution in [-0.2, 0) is 6.54 Å². The average Bonchev–Trinajstić information content (AvgIpc) is 3.39. The minimum absolute atomic E-state index is 0.222. The van der Waals surface area contributed by atoms with Gasteiger partial charge in [-0.05, 0) is 50.1 Å². The molecule has 24 heavy (non-hydrogen) atoms. The van der Waals surface area contributed by atoms with Gasteiger partial charge in [0, 0.05) is 12.5 Å². The maximum Gasteiger partial charge on any atom is 0.256 e. The lowest BCUT2D eigenvalue weighted by Crippen LogP contribution is -2.25. The summed E-state index contributed by atoms with van der Waals surface area (Å²) in [6.07, 6.45) is 4.15. The van der Waals surface area contributed by atoms with E-state index in [-0.39, 0.29) is 18.3 Å². The van der Waals surface area contributed by atoms with Crippen molar-refractivity contribution in [2.24, 2.45) is 0 Å². The summed E-state index contributed by atoms with van der Waals surface area (Å²) in [5, 5.41) is 3.55. The molecular weight excluding hydrogens is 325 g/mol. The van der Waals surface area contributed by atoms with E-state index >= 15 is 0 Å². The van der Waals surface area contributed by atoms with Crippen LogP contribution in [0.15, 0.2) is 23.2 Å². The first-order valence-electron chi connectivity index (χ1n) is 7.95. The maximum absolute atomic E-state index is 13.6. The summed E-state index contributed by atoms with van der Waals surface area (Å²) in [5.41, 5.74) is 2.53. The van der Waals surface area contributed by atoms with Crippen molar-refractivity contribution in [3.63, 3.8) is 0 Å². The molecule has 6 heteroatoms. The van der Waals surface area contributed by atoms with E-state index in [1.807, 2.05) is 19.2 Å². The molecular formula is C18H20FN3OS. The van der Waals surface area contributed by atoms with E-state index in [0.717, 1.165) is 24.2 Å². The van der Waals surface area contributed by atoms with Gasteiger partial charge in [0.15, 0.2) is 0 Å². The van der Waals surface area contributed by atoms with Crippen molar-refractivity contribution >= 4 is 17.7 Å². The molecule has 4 nitrogen and oxygen atoms in total. The molecule has 0 radical (unpaired) electrons. The Morgan fingerprint density at radius 2 is 2.08 bits per heavy atom. The fourth-order valence-corrected chi connectivity index (χ4v) is 3.15. The van der Waals surface area contributed by atoms with Gasteiger partial charge >= 0.3 is 0 Å². The summed E-state index contributed by atoms with van der Waals surface area (Å²) in [6.45, 7) is 3.83. The number of hydrogen-bond acceptors (Lipinski definition) is 4. The summed E-state index contributed by atoms with van der Waals surface area (Å²) in [4.78, 5) is 21.6. The predicted molar refractivity (Wildman–Crippen MR) is 92.8 cm³/mol. The number of thioether (sulfide) groups is 1. The number of rotatable bonds is 5. The smallest absolute Gasteiger partial charge is 0.256 e. The van der Waals surface area contributed by atoms with Crippen molar-refractivity contribution < 1.29 is 9.18 Å². The van der Waals surface area contributed by atoms with Crippen LogP contribution in [0, 0.1) is 19.7 Å². The van der Waals surface area contributed by atoms with Crippen LogP contribution in [-0.4, -0.2) is 22.1 Å². The molecule has 3 rings (SSSR count). The highest BCUT2D eigenvalue weighted by Crippen LogP contribution is 2.39. The Labute approximate surface area is 145 Å². The number of carbonyl (C=O) groups excluding carboxylic acids is 1. The van der Waals surface area contributed by atoms with Gasteiger partial charge in [-0.15, -0.1) is 11.8 Å². The molecule has 1 amide bonds. The molecule has 1 aliphatic rings. The lowest BCUT2D eigenvalue weighted by atomic mass is 10.1. The van der Waals surface area contributed by atoms with Gasteiger partial charge in [0.2, 0.25) is 0 Å². The van der Waals surface area contributed by atoms with E-state index < -0.39 is 0 Å². The number of aryl methyl sites for hydroxylation is 2. The molecule has 126 valence electrons. The molecule has 0 unspecified atom stereocenters. The van der Waals surface area contributed by atoms with Crippen LogP contribution in [0.2, 0.25) is 0 Å². The van der Waals surface area contributed by atoms with E-state index in [9.17, 15) is 9.18 Å². The largest absolute Gasteiger partial charge is 0.348 e.